The van der Waals surface area contributed by atoms with Crippen LogP contribution in [0.15, 0.2) is 30.6 Å². The predicted octanol–water partition coefficient (Wildman–Crippen LogP) is 1.44. The topological polar surface area (TPSA) is 38.9 Å². The SMILES string of the molecule is CC(C)N.c1ccncc1. The fraction of sp³-hybridized carbons (Fsp3) is 0.375. The van der Waals surface area contributed by atoms with Gasteiger partial charge in [0.15, 0.2) is 0 Å². The molecule has 0 aromatic carbocycles. The van der Waals surface area contributed by atoms with Crippen LogP contribution in [-0.4, -0.2) is 11.0 Å². The van der Waals surface area contributed by atoms with E-state index in [9.17, 15) is 0 Å². The smallest absolute Gasteiger partial charge is 0.0267 e. The standard InChI is InChI=1S/C5H5N.C3H9N/c1-2-4-6-5-3-1;1-3(2)4/h1-5H;3H,4H2,1-2H3. The second-order valence-corrected chi connectivity index (χ2v) is 2.27. The Balaban J connectivity index is 0.000000180. The number of aromatic nitrogens is 1. The first-order valence-corrected chi connectivity index (χ1v) is 3.34. The van der Waals surface area contributed by atoms with E-state index in [-0.39, 0.29) is 0 Å². The molecule has 0 aliphatic carbocycles. The molecule has 1 heterocycles. The summed E-state index contributed by atoms with van der Waals surface area (Å²) in [5, 5.41) is 0. The van der Waals surface area contributed by atoms with E-state index in [2.05, 4.69) is 4.98 Å². The number of rotatable bonds is 0. The van der Waals surface area contributed by atoms with Gasteiger partial charge in [0.2, 0.25) is 0 Å². The fourth-order valence-electron chi connectivity index (χ4n) is 0.313. The van der Waals surface area contributed by atoms with E-state index in [0.717, 1.165) is 0 Å². The third kappa shape index (κ3) is 10.2. The second kappa shape index (κ2) is 6.23. The molecular formula is C8H14N2. The van der Waals surface area contributed by atoms with Gasteiger partial charge in [-0.15, -0.1) is 0 Å². The summed E-state index contributed by atoms with van der Waals surface area (Å²) in [5.74, 6) is 0. The first-order valence-electron chi connectivity index (χ1n) is 3.34. The molecular weight excluding hydrogens is 124 g/mol. The molecule has 0 saturated heterocycles. The van der Waals surface area contributed by atoms with Gasteiger partial charge in [0, 0.05) is 12.4 Å². The summed E-state index contributed by atoms with van der Waals surface area (Å²) in [6.07, 6.45) is 3.50. The molecule has 0 unspecified atom stereocenters. The molecule has 2 heteroatoms. The van der Waals surface area contributed by atoms with Gasteiger partial charge >= 0.3 is 0 Å². The first-order chi connectivity index (χ1) is 4.73. The van der Waals surface area contributed by atoms with Gasteiger partial charge in [0.25, 0.3) is 0 Å². The quantitative estimate of drug-likeness (QED) is 0.589. The monoisotopic (exact) mass is 138 g/mol. The van der Waals surface area contributed by atoms with Crippen LogP contribution in [0.2, 0.25) is 0 Å². The maximum absolute atomic E-state index is 5.11. The Morgan fingerprint density at radius 1 is 1.10 bits per heavy atom. The maximum atomic E-state index is 5.11. The average Bonchev–Trinajstić information content (AvgIpc) is 1.90. The van der Waals surface area contributed by atoms with Crippen LogP contribution in [0.25, 0.3) is 0 Å². The van der Waals surface area contributed by atoms with Gasteiger partial charge < -0.3 is 5.73 Å². The summed E-state index contributed by atoms with van der Waals surface area (Å²) in [6.45, 7) is 3.89. The van der Waals surface area contributed by atoms with Crippen LogP contribution in [0.5, 0.6) is 0 Å². The molecule has 0 amide bonds. The van der Waals surface area contributed by atoms with Crippen molar-refractivity contribution in [1.29, 1.82) is 0 Å². The van der Waals surface area contributed by atoms with Crippen molar-refractivity contribution in [2.75, 3.05) is 0 Å². The van der Waals surface area contributed by atoms with Gasteiger partial charge in [0.05, 0.1) is 0 Å². The number of pyridine rings is 1. The van der Waals surface area contributed by atoms with E-state index >= 15 is 0 Å². The van der Waals surface area contributed by atoms with Gasteiger partial charge in [-0.25, -0.2) is 0 Å². The summed E-state index contributed by atoms with van der Waals surface area (Å²) < 4.78 is 0. The van der Waals surface area contributed by atoms with Gasteiger partial charge in [-0.2, -0.15) is 0 Å². The number of nitrogens with two attached hydrogens (primary N) is 1. The molecule has 56 valence electrons. The summed E-state index contributed by atoms with van der Waals surface area (Å²) in [4.78, 5) is 3.78. The lowest BCUT2D eigenvalue weighted by Gasteiger charge is -1.81. The van der Waals surface area contributed by atoms with Crippen LogP contribution in [-0.2, 0) is 0 Å². The third-order valence-electron chi connectivity index (χ3n) is 0.566. The molecule has 0 radical (unpaired) electrons. The van der Waals surface area contributed by atoms with Crippen LogP contribution in [0.3, 0.4) is 0 Å². The van der Waals surface area contributed by atoms with Crippen molar-refractivity contribution in [3.05, 3.63) is 30.6 Å². The minimum absolute atomic E-state index is 0.333. The Labute approximate surface area is 62.1 Å². The summed E-state index contributed by atoms with van der Waals surface area (Å²) in [5.41, 5.74) is 5.11. The van der Waals surface area contributed by atoms with Crippen molar-refractivity contribution in [3.63, 3.8) is 0 Å². The van der Waals surface area contributed by atoms with Crippen molar-refractivity contribution < 1.29 is 0 Å². The van der Waals surface area contributed by atoms with E-state index in [1.165, 1.54) is 0 Å². The molecule has 2 nitrogen and oxygen atoms in total. The molecule has 1 rings (SSSR count). The number of hydrogen-bond acceptors (Lipinski definition) is 2. The minimum Gasteiger partial charge on any atom is -0.328 e. The van der Waals surface area contributed by atoms with Crippen LogP contribution in [0, 0.1) is 0 Å². The van der Waals surface area contributed by atoms with Crippen LogP contribution >= 0.6 is 0 Å². The lowest BCUT2D eigenvalue weighted by molar-refractivity contribution is 0.834. The molecule has 0 atom stereocenters. The largest absolute Gasteiger partial charge is 0.328 e. The second-order valence-electron chi connectivity index (χ2n) is 2.27. The molecule has 1 aromatic rings. The lowest BCUT2D eigenvalue weighted by atomic mass is 10.5. The summed E-state index contributed by atoms with van der Waals surface area (Å²) in [6, 6.07) is 6.05. The molecule has 0 spiro atoms. The van der Waals surface area contributed by atoms with E-state index in [1.807, 2.05) is 32.0 Å². The van der Waals surface area contributed by atoms with Crippen molar-refractivity contribution in [2.45, 2.75) is 19.9 Å². The van der Waals surface area contributed by atoms with Gasteiger partial charge in [-0.1, -0.05) is 19.9 Å². The van der Waals surface area contributed by atoms with Crippen molar-refractivity contribution in [3.8, 4) is 0 Å². The minimum atomic E-state index is 0.333. The van der Waals surface area contributed by atoms with E-state index in [4.69, 9.17) is 5.73 Å². The molecule has 0 fully saturated rings. The first kappa shape index (κ1) is 9.11. The Kier molecular flexibility index (Phi) is 5.68. The van der Waals surface area contributed by atoms with Crippen LogP contribution < -0.4 is 5.73 Å². The average molecular weight is 138 g/mol. The van der Waals surface area contributed by atoms with Gasteiger partial charge in [-0.05, 0) is 18.2 Å². The molecule has 0 aliphatic heterocycles. The Morgan fingerprint density at radius 2 is 1.50 bits per heavy atom. The van der Waals surface area contributed by atoms with Crippen LogP contribution in [0.1, 0.15) is 13.8 Å². The molecule has 0 saturated carbocycles. The van der Waals surface area contributed by atoms with Gasteiger partial charge in [-0.3, -0.25) is 4.98 Å². The normalized spacial score (nSPS) is 8.40. The highest BCUT2D eigenvalue weighted by atomic mass is 14.6. The lowest BCUT2D eigenvalue weighted by Crippen LogP contribution is -2.06. The number of nitrogens with zero attached hydrogens (tertiary/aromatic N) is 1. The van der Waals surface area contributed by atoms with Crippen LogP contribution in [0.4, 0.5) is 0 Å². The predicted molar refractivity (Wildman–Crippen MR) is 43.6 cm³/mol. The number of hydrogen-bond donors (Lipinski definition) is 1. The van der Waals surface area contributed by atoms with Crippen molar-refractivity contribution in [1.82, 2.24) is 4.98 Å². The highest BCUT2D eigenvalue weighted by Gasteiger charge is 1.67. The Hall–Kier alpha value is -0.890. The fourth-order valence-corrected chi connectivity index (χ4v) is 0.313. The summed E-state index contributed by atoms with van der Waals surface area (Å²) in [7, 11) is 0. The maximum Gasteiger partial charge on any atom is 0.0267 e. The zero-order valence-corrected chi connectivity index (χ0v) is 6.49. The van der Waals surface area contributed by atoms with Crippen molar-refractivity contribution in [2.24, 2.45) is 5.73 Å². The van der Waals surface area contributed by atoms with Gasteiger partial charge in [0.1, 0.15) is 0 Å². The highest BCUT2D eigenvalue weighted by molar-refractivity contribution is 4.88. The van der Waals surface area contributed by atoms with E-state index < -0.39 is 0 Å². The Morgan fingerprint density at radius 3 is 1.60 bits per heavy atom. The van der Waals surface area contributed by atoms with Crippen molar-refractivity contribution >= 4 is 0 Å². The molecule has 0 aliphatic rings. The van der Waals surface area contributed by atoms with E-state index in [0.29, 0.717) is 6.04 Å². The Bertz CT molecular complexity index is 108. The molecule has 0 bridgehead atoms. The third-order valence-corrected chi connectivity index (χ3v) is 0.566. The zero-order valence-electron chi connectivity index (χ0n) is 6.49. The zero-order chi connectivity index (χ0) is 7.82. The highest BCUT2D eigenvalue weighted by Crippen LogP contribution is 1.73. The molecule has 2 N–H and O–H groups in total. The van der Waals surface area contributed by atoms with E-state index in [1.54, 1.807) is 12.4 Å². The summed E-state index contributed by atoms with van der Waals surface area (Å²) >= 11 is 0. The molecule has 10 heavy (non-hydrogen) atoms. The molecule has 1 aromatic heterocycles.